The van der Waals surface area contributed by atoms with E-state index < -0.39 is 60.0 Å². The average Bonchev–Trinajstić information content (AvgIpc) is 3.46. The number of halogens is 2. The van der Waals surface area contributed by atoms with Gasteiger partial charge in [-0.3, -0.25) is 19.0 Å². The van der Waals surface area contributed by atoms with E-state index in [1.165, 1.54) is 18.2 Å². The first-order chi connectivity index (χ1) is 22.0. The molecule has 1 saturated heterocycles. The largest absolute Gasteiger partial charge is 0.425 e. The van der Waals surface area contributed by atoms with Crippen LogP contribution in [-0.4, -0.2) is 55.9 Å². The Labute approximate surface area is 264 Å². The molecule has 0 aliphatic carbocycles. The summed E-state index contributed by atoms with van der Waals surface area (Å²) in [6.07, 6.45) is -1.01. The summed E-state index contributed by atoms with van der Waals surface area (Å²) in [4.78, 5) is 67.5. The molecule has 0 unspecified atom stereocenters. The number of rotatable bonds is 9. The molecule has 0 bridgehead atoms. The third-order valence-electron chi connectivity index (χ3n) is 6.84. The number of hydrogen-bond acceptors (Lipinski definition) is 11. The van der Waals surface area contributed by atoms with Crippen molar-refractivity contribution >= 4 is 29.4 Å². The molecule has 0 amide bonds. The molecular weight excluding hydrogens is 629 g/mol. The molecule has 15 heteroatoms. The van der Waals surface area contributed by atoms with E-state index in [2.05, 4.69) is 4.98 Å². The average molecular weight is 654 g/mol. The van der Waals surface area contributed by atoms with Gasteiger partial charge in [-0.2, -0.15) is 8.96 Å². The monoisotopic (exact) mass is 653 g/mol. The van der Waals surface area contributed by atoms with Crippen LogP contribution in [0.3, 0.4) is 0 Å². The topological polar surface area (TPSA) is 165 Å². The Bertz CT molecular complexity index is 1910. The summed E-state index contributed by atoms with van der Waals surface area (Å²) in [5.74, 6) is -4.71. The highest BCUT2D eigenvalue weighted by molar-refractivity contribution is 6.32. The minimum atomic E-state index is -1.52. The highest BCUT2D eigenvalue weighted by Gasteiger charge is 2.38. The minimum Gasteiger partial charge on any atom is -0.425 e. The Morgan fingerprint density at radius 3 is 2.52 bits per heavy atom. The Morgan fingerprint density at radius 2 is 1.80 bits per heavy atom. The highest BCUT2D eigenvalue weighted by atomic mass is 35.5. The quantitative estimate of drug-likeness (QED) is 0.264. The number of benzene rings is 2. The lowest BCUT2D eigenvalue weighted by Gasteiger charge is -2.17. The molecule has 13 nitrogen and oxygen atoms in total. The number of esters is 2. The van der Waals surface area contributed by atoms with Gasteiger partial charge in [0.15, 0.2) is 5.75 Å². The Hall–Kier alpha value is -5.02. The van der Waals surface area contributed by atoms with Crippen LogP contribution in [-0.2, 0) is 20.9 Å². The van der Waals surface area contributed by atoms with Crippen molar-refractivity contribution in [3.8, 4) is 11.6 Å². The summed E-state index contributed by atoms with van der Waals surface area (Å²) < 4.78 is 37.5. The summed E-state index contributed by atoms with van der Waals surface area (Å²) in [6.45, 7) is 0.861. The van der Waals surface area contributed by atoms with Crippen LogP contribution in [0, 0.1) is 5.82 Å². The third kappa shape index (κ3) is 7.10. The number of carbonyl (C=O) groups is 3. The molecule has 1 fully saturated rings. The van der Waals surface area contributed by atoms with Crippen molar-refractivity contribution in [1.82, 2.24) is 14.1 Å². The zero-order valence-electron chi connectivity index (χ0n) is 24.0. The van der Waals surface area contributed by atoms with Crippen LogP contribution in [0.1, 0.15) is 45.9 Å². The lowest BCUT2D eigenvalue weighted by molar-refractivity contribution is -0.131. The number of ether oxygens (including phenoxy) is 4. The van der Waals surface area contributed by atoms with E-state index in [4.69, 9.17) is 30.5 Å². The van der Waals surface area contributed by atoms with Crippen LogP contribution in [0.5, 0.6) is 11.6 Å². The fourth-order valence-corrected chi connectivity index (χ4v) is 4.81. The maximum absolute atomic E-state index is 14.9. The van der Waals surface area contributed by atoms with E-state index in [1.807, 2.05) is 30.3 Å². The van der Waals surface area contributed by atoms with E-state index in [0.29, 0.717) is 6.20 Å². The van der Waals surface area contributed by atoms with Gasteiger partial charge in [0.05, 0.1) is 37.3 Å². The second-order valence-electron chi connectivity index (χ2n) is 10.0. The molecule has 1 aliphatic heterocycles. The van der Waals surface area contributed by atoms with E-state index in [1.54, 1.807) is 0 Å². The molecule has 3 heterocycles. The SMILES string of the molecule is CC(=O)Oc1cc(OC(=O)c2cccc(C(=O)n3c(=O)c(F)cn([C@H]4C[C@H](OCc5ccccc5)[C@@H](CO)O4)c3=O)c2)ncc1Cl. The molecule has 1 N–H and O–H groups in total. The third-order valence-corrected chi connectivity index (χ3v) is 7.13. The standard InChI is InChI=1S/C31H25ClFN3O10/c1-17(38)44-23-11-26(34-13-21(23)32)46-30(41)20-9-5-8-19(10-20)28(39)36-29(40)22(33)14-35(31(36)42)27-12-24(25(15-37)45-27)43-16-18-6-3-2-4-7-18/h2-11,13-14,24-25,27,37H,12,15-16H2,1H3/t24-,25+,27+/m0/s1. The van der Waals surface area contributed by atoms with Gasteiger partial charge in [-0.1, -0.05) is 48.0 Å². The molecular formula is C31H25ClFN3O10. The van der Waals surface area contributed by atoms with Crippen molar-refractivity contribution in [2.75, 3.05) is 6.61 Å². The first kappa shape index (κ1) is 32.4. The summed E-state index contributed by atoms with van der Waals surface area (Å²) in [6, 6.07) is 15.1. The number of nitrogens with zero attached hydrogens (tertiary/aromatic N) is 3. The summed E-state index contributed by atoms with van der Waals surface area (Å²) in [5, 5.41) is 9.82. The van der Waals surface area contributed by atoms with Crippen molar-refractivity contribution in [2.45, 2.75) is 38.4 Å². The van der Waals surface area contributed by atoms with Gasteiger partial charge in [0.1, 0.15) is 17.4 Å². The van der Waals surface area contributed by atoms with Gasteiger partial charge in [-0.15, -0.1) is 0 Å². The van der Waals surface area contributed by atoms with Gasteiger partial charge in [-0.25, -0.2) is 14.6 Å². The van der Waals surface area contributed by atoms with Crippen LogP contribution in [0.4, 0.5) is 4.39 Å². The van der Waals surface area contributed by atoms with Gasteiger partial charge >= 0.3 is 17.6 Å². The van der Waals surface area contributed by atoms with Gasteiger partial charge in [0.25, 0.3) is 11.5 Å². The number of pyridine rings is 1. The van der Waals surface area contributed by atoms with Crippen LogP contribution in [0.25, 0.3) is 0 Å². The van der Waals surface area contributed by atoms with E-state index in [-0.39, 0.29) is 45.4 Å². The van der Waals surface area contributed by atoms with Crippen molar-refractivity contribution in [2.24, 2.45) is 0 Å². The van der Waals surface area contributed by atoms with Gasteiger partial charge < -0.3 is 24.1 Å². The summed E-state index contributed by atoms with van der Waals surface area (Å²) >= 11 is 5.93. The van der Waals surface area contributed by atoms with E-state index in [9.17, 15) is 33.5 Å². The normalized spacial score (nSPS) is 17.4. The predicted octanol–water partition coefficient (Wildman–Crippen LogP) is 2.90. The molecule has 2 aromatic carbocycles. The molecule has 238 valence electrons. The molecule has 3 atom stereocenters. The molecule has 4 aromatic rings. The van der Waals surface area contributed by atoms with Crippen LogP contribution in [0.2, 0.25) is 5.02 Å². The first-order valence-corrected chi connectivity index (χ1v) is 14.1. The van der Waals surface area contributed by atoms with Crippen molar-refractivity contribution < 1.29 is 42.8 Å². The summed E-state index contributed by atoms with van der Waals surface area (Å²) in [7, 11) is 0. The molecule has 0 spiro atoms. The highest BCUT2D eigenvalue weighted by Crippen LogP contribution is 2.31. The van der Waals surface area contributed by atoms with Crippen LogP contribution in [0.15, 0.2) is 82.6 Å². The van der Waals surface area contributed by atoms with Gasteiger partial charge in [0.2, 0.25) is 11.7 Å². The smallest absolute Gasteiger partial charge is 0.344 e. The zero-order chi connectivity index (χ0) is 33.0. The Balaban J connectivity index is 1.38. The Kier molecular flexibility index (Phi) is 9.82. The van der Waals surface area contributed by atoms with Gasteiger partial charge in [0, 0.05) is 25.0 Å². The van der Waals surface area contributed by atoms with E-state index in [0.717, 1.165) is 35.4 Å². The number of aromatic nitrogens is 3. The molecule has 46 heavy (non-hydrogen) atoms. The predicted molar refractivity (Wildman–Crippen MR) is 157 cm³/mol. The second kappa shape index (κ2) is 14.0. The number of carbonyl (C=O) groups excluding carboxylic acids is 3. The lowest BCUT2D eigenvalue weighted by Crippen LogP contribution is -2.46. The summed E-state index contributed by atoms with van der Waals surface area (Å²) in [5.41, 5.74) is -2.38. The fourth-order valence-electron chi connectivity index (χ4n) is 4.67. The zero-order valence-corrected chi connectivity index (χ0v) is 24.8. The minimum absolute atomic E-state index is 0.00301. The maximum Gasteiger partial charge on any atom is 0.344 e. The molecule has 2 aromatic heterocycles. The maximum atomic E-state index is 14.9. The first-order valence-electron chi connectivity index (χ1n) is 13.7. The number of aliphatic hydroxyl groups excluding tert-OH is 1. The van der Waals surface area contributed by atoms with Crippen LogP contribution < -0.4 is 20.7 Å². The Morgan fingerprint density at radius 1 is 1.07 bits per heavy atom. The number of hydrogen-bond donors (Lipinski definition) is 1. The van der Waals surface area contributed by atoms with Crippen molar-refractivity contribution in [3.05, 3.63) is 121 Å². The molecule has 0 radical (unpaired) electrons. The van der Waals surface area contributed by atoms with Crippen LogP contribution >= 0.6 is 11.6 Å². The van der Waals surface area contributed by atoms with E-state index >= 15 is 0 Å². The fraction of sp³-hybridized carbons (Fsp3) is 0.226. The molecule has 5 rings (SSSR count). The number of aliphatic hydroxyl groups is 1. The van der Waals surface area contributed by atoms with Crippen molar-refractivity contribution in [1.29, 1.82) is 0 Å². The molecule has 1 aliphatic rings. The molecule has 0 saturated carbocycles. The van der Waals surface area contributed by atoms with Gasteiger partial charge in [-0.05, 0) is 23.8 Å². The lowest BCUT2D eigenvalue weighted by atomic mass is 10.1. The second-order valence-corrected chi connectivity index (χ2v) is 10.4. The van der Waals surface area contributed by atoms with Crippen molar-refractivity contribution in [3.63, 3.8) is 0 Å².